The number of nitriles is 1. The number of carbonyl (C=O) groups excluding carboxylic acids is 1. The Bertz CT molecular complexity index is 1260. The number of unbranched alkanes of at least 4 members (excludes halogenated alkanes) is 3. The van der Waals surface area contributed by atoms with Gasteiger partial charge in [-0.2, -0.15) is 18.4 Å². The van der Waals surface area contributed by atoms with Gasteiger partial charge in [0.05, 0.1) is 24.0 Å². The Morgan fingerprint density at radius 2 is 2.00 bits per heavy atom. The largest absolute Gasteiger partial charge is 0.493 e. The zero-order chi connectivity index (χ0) is 27.5. The van der Waals surface area contributed by atoms with Crippen molar-refractivity contribution in [1.82, 2.24) is 9.71 Å². The quantitative estimate of drug-likeness (QED) is 0.240. The third-order valence-corrected chi connectivity index (χ3v) is 6.32. The van der Waals surface area contributed by atoms with E-state index in [1.807, 2.05) is 17.7 Å². The summed E-state index contributed by atoms with van der Waals surface area (Å²) in [6.45, 7) is 2.14. The smallest absolute Gasteiger partial charge is 0.417 e. The number of halogens is 4. The number of nitrogens with one attached hydrogen (secondary N) is 1. The van der Waals surface area contributed by atoms with Gasteiger partial charge in [-0.15, -0.1) is 0 Å². The van der Waals surface area contributed by atoms with Crippen LogP contribution in [0.5, 0.6) is 17.4 Å². The molecular formula is C24H25ClF3N3O5S. The van der Waals surface area contributed by atoms with Gasteiger partial charge in [0.15, 0.2) is 0 Å². The maximum atomic E-state index is 12.9. The van der Waals surface area contributed by atoms with E-state index in [1.54, 1.807) is 6.07 Å². The van der Waals surface area contributed by atoms with Gasteiger partial charge in [0.2, 0.25) is 15.9 Å². The maximum Gasteiger partial charge on any atom is 0.417 e. The van der Waals surface area contributed by atoms with E-state index in [9.17, 15) is 26.4 Å². The average molecular weight is 560 g/mol. The second kappa shape index (κ2) is 13.9. The lowest BCUT2D eigenvalue weighted by molar-refractivity contribution is -0.137. The lowest BCUT2D eigenvalue weighted by atomic mass is 10.1. The number of hydrogen-bond donors (Lipinski definition) is 1. The SMILES string of the molecule is CCCCCS(=O)(=O)NC(=O)C=Cc1ccc(OCCCC#N)cc1Oc1ncc(C(F)(F)F)cc1Cl. The number of ether oxygens (including phenoxy) is 2. The van der Waals surface area contributed by atoms with Gasteiger partial charge in [-0.1, -0.05) is 31.4 Å². The molecule has 200 valence electrons. The van der Waals surface area contributed by atoms with Gasteiger partial charge in [-0.25, -0.2) is 18.1 Å². The van der Waals surface area contributed by atoms with Crippen molar-refractivity contribution in [2.75, 3.05) is 12.4 Å². The van der Waals surface area contributed by atoms with Gasteiger partial charge in [0.25, 0.3) is 5.91 Å². The highest BCUT2D eigenvalue weighted by atomic mass is 35.5. The normalized spacial score (nSPS) is 11.8. The summed E-state index contributed by atoms with van der Waals surface area (Å²) in [6.07, 6.45) is 0.856. The Morgan fingerprint density at radius 1 is 1.24 bits per heavy atom. The summed E-state index contributed by atoms with van der Waals surface area (Å²) in [5.74, 6) is -1.05. The molecule has 37 heavy (non-hydrogen) atoms. The highest BCUT2D eigenvalue weighted by Crippen LogP contribution is 2.36. The summed E-state index contributed by atoms with van der Waals surface area (Å²) >= 11 is 5.95. The molecule has 0 saturated heterocycles. The highest BCUT2D eigenvalue weighted by Gasteiger charge is 2.32. The van der Waals surface area contributed by atoms with E-state index in [4.69, 9.17) is 26.3 Å². The minimum absolute atomic E-state index is 0.0294. The summed E-state index contributed by atoms with van der Waals surface area (Å²) < 4.78 is 76.0. The van der Waals surface area contributed by atoms with Crippen molar-refractivity contribution < 1.29 is 35.9 Å². The molecule has 13 heteroatoms. The van der Waals surface area contributed by atoms with Crippen LogP contribution in [0.4, 0.5) is 13.2 Å². The van der Waals surface area contributed by atoms with Crippen molar-refractivity contribution in [3.8, 4) is 23.4 Å². The van der Waals surface area contributed by atoms with E-state index in [2.05, 4.69) is 4.98 Å². The van der Waals surface area contributed by atoms with E-state index in [0.29, 0.717) is 37.3 Å². The summed E-state index contributed by atoms with van der Waals surface area (Å²) in [5.41, 5.74) is -0.794. The second-order valence-electron chi connectivity index (χ2n) is 7.75. The minimum atomic E-state index is -4.65. The highest BCUT2D eigenvalue weighted by molar-refractivity contribution is 7.90. The number of pyridine rings is 1. The number of benzene rings is 1. The van der Waals surface area contributed by atoms with E-state index < -0.39 is 32.7 Å². The molecule has 0 atom stereocenters. The number of hydrogen-bond acceptors (Lipinski definition) is 7. The number of alkyl halides is 3. The van der Waals surface area contributed by atoms with E-state index >= 15 is 0 Å². The Morgan fingerprint density at radius 3 is 2.65 bits per heavy atom. The van der Waals surface area contributed by atoms with Crippen molar-refractivity contribution in [2.45, 2.75) is 45.2 Å². The molecule has 1 N–H and O–H groups in total. The molecule has 0 bridgehead atoms. The number of amides is 1. The van der Waals surface area contributed by atoms with Crippen LogP contribution in [0.25, 0.3) is 6.08 Å². The van der Waals surface area contributed by atoms with Crippen LogP contribution >= 0.6 is 11.6 Å². The number of sulfonamides is 1. The number of rotatable bonds is 13. The van der Waals surface area contributed by atoms with Crippen LogP contribution in [0, 0.1) is 11.3 Å². The third-order valence-electron chi connectivity index (χ3n) is 4.72. The van der Waals surface area contributed by atoms with Crippen LogP contribution in [0.1, 0.15) is 50.2 Å². The molecule has 2 aromatic rings. The molecule has 0 fully saturated rings. The van der Waals surface area contributed by atoms with Crippen LogP contribution in [-0.4, -0.2) is 31.7 Å². The van der Waals surface area contributed by atoms with Crippen molar-refractivity contribution in [1.29, 1.82) is 5.26 Å². The fourth-order valence-electron chi connectivity index (χ4n) is 2.88. The molecule has 1 amide bonds. The first-order chi connectivity index (χ1) is 17.4. The topological polar surface area (TPSA) is 118 Å². The number of aromatic nitrogens is 1. The van der Waals surface area contributed by atoms with Crippen molar-refractivity contribution in [2.24, 2.45) is 0 Å². The first kappa shape index (κ1) is 29.9. The molecule has 1 heterocycles. The van der Waals surface area contributed by atoms with Gasteiger partial charge in [-0.3, -0.25) is 4.79 Å². The predicted molar refractivity (Wildman–Crippen MR) is 132 cm³/mol. The van der Waals surface area contributed by atoms with E-state index in [-0.39, 0.29) is 36.0 Å². The summed E-state index contributed by atoms with van der Waals surface area (Å²) in [5, 5.41) is 8.24. The minimum Gasteiger partial charge on any atom is -0.493 e. The standard InChI is InChI=1S/C24H25ClF3N3O5S/c1-2-3-6-13-37(33,34)31-22(32)10-8-17-7-9-19(35-12-5-4-11-29)15-21(17)36-23-20(25)14-18(16-30-23)24(26,27)28/h7-10,14-16H,2-6,12-13H2,1H3,(H,31,32). The molecule has 0 aliphatic rings. The molecule has 2 rings (SSSR count). The predicted octanol–water partition coefficient (Wildman–Crippen LogP) is 5.88. The Kier molecular flexibility index (Phi) is 11.2. The fraction of sp³-hybridized carbons (Fsp3) is 0.375. The van der Waals surface area contributed by atoms with Gasteiger partial charge in [-0.05, 0) is 37.1 Å². The summed E-state index contributed by atoms with van der Waals surface area (Å²) in [7, 11) is -3.80. The lowest BCUT2D eigenvalue weighted by Gasteiger charge is -2.13. The molecular weight excluding hydrogens is 535 g/mol. The number of nitrogens with zero attached hydrogens (tertiary/aromatic N) is 2. The van der Waals surface area contributed by atoms with Crippen LogP contribution in [-0.2, 0) is 21.0 Å². The molecule has 1 aromatic heterocycles. The van der Waals surface area contributed by atoms with E-state index in [1.165, 1.54) is 18.2 Å². The van der Waals surface area contributed by atoms with Gasteiger partial charge in [0, 0.05) is 30.3 Å². The van der Waals surface area contributed by atoms with Crippen LogP contribution in [0.15, 0.2) is 36.5 Å². The third kappa shape index (κ3) is 10.3. The molecule has 0 aliphatic heterocycles. The zero-order valence-electron chi connectivity index (χ0n) is 19.8. The Labute approximate surface area is 218 Å². The fourth-order valence-corrected chi connectivity index (χ4v) is 4.14. The molecule has 0 saturated carbocycles. The molecule has 0 spiro atoms. The summed E-state index contributed by atoms with van der Waals surface area (Å²) in [4.78, 5) is 15.8. The maximum absolute atomic E-state index is 12.9. The number of carbonyl (C=O) groups is 1. The van der Waals surface area contributed by atoms with Crippen LogP contribution in [0.2, 0.25) is 5.02 Å². The van der Waals surface area contributed by atoms with Crippen molar-refractivity contribution in [3.05, 3.63) is 52.7 Å². The molecule has 0 unspecified atom stereocenters. The molecule has 0 aliphatic carbocycles. The second-order valence-corrected chi connectivity index (χ2v) is 10.00. The first-order valence-electron chi connectivity index (χ1n) is 11.2. The van der Waals surface area contributed by atoms with Crippen molar-refractivity contribution in [3.63, 3.8) is 0 Å². The molecule has 1 aromatic carbocycles. The Balaban J connectivity index is 2.28. The molecule has 8 nitrogen and oxygen atoms in total. The zero-order valence-corrected chi connectivity index (χ0v) is 21.4. The Hall–Kier alpha value is -3.30. The van der Waals surface area contributed by atoms with Crippen molar-refractivity contribution >= 4 is 33.6 Å². The average Bonchev–Trinajstić information content (AvgIpc) is 2.81. The summed E-state index contributed by atoms with van der Waals surface area (Å²) in [6, 6.07) is 7.09. The van der Waals surface area contributed by atoms with Gasteiger partial charge in [0.1, 0.15) is 16.5 Å². The van der Waals surface area contributed by atoms with Crippen LogP contribution in [0.3, 0.4) is 0 Å². The van der Waals surface area contributed by atoms with E-state index in [0.717, 1.165) is 12.5 Å². The first-order valence-corrected chi connectivity index (χ1v) is 13.2. The van der Waals surface area contributed by atoms with Gasteiger partial charge >= 0.3 is 6.18 Å². The van der Waals surface area contributed by atoms with Gasteiger partial charge < -0.3 is 9.47 Å². The molecule has 0 radical (unpaired) electrons. The monoisotopic (exact) mass is 559 g/mol. The lowest BCUT2D eigenvalue weighted by Crippen LogP contribution is -2.31. The van der Waals surface area contributed by atoms with Crippen LogP contribution < -0.4 is 14.2 Å².